The first kappa shape index (κ1) is 22.5. The molecule has 6 nitrogen and oxygen atoms in total. The third-order valence-corrected chi connectivity index (χ3v) is 5.55. The van der Waals surface area contributed by atoms with E-state index in [4.69, 9.17) is 11.6 Å². The maximum absolute atomic E-state index is 14.8. The number of nitrogens with one attached hydrogen (secondary N) is 2. The number of hydrogen-bond acceptors (Lipinski definition) is 4. The molecule has 0 unspecified atom stereocenters. The lowest BCUT2D eigenvalue weighted by Crippen LogP contribution is -2.24. The van der Waals surface area contributed by atoms with Crippen molar-refractivity contribution in [2.45, 2.75) is 6.92 Å². The van der Waals surface area contributed by atoms with Gasteiger partial charge in [0.25, 0.3) is 11.8 Å². The lowest BCUT2D eigenvalue weighted by molar-refractivity contribution is 0.102. The Morgan fingerprint density at radius 1 is 0.970 bits per heavy atom. The highest BCUT2D eigenvalue weighted by Gasteiger charge is 2.20. The van der Waals surface area contributed by atoms with Crippen LogP contribution < -0.4 is 10.6 Å². The van der Waals surface area contributed by atoms with Gasteiger partial charge in [-0.15, -0.1) is 0 Å². The molecule has 0 aliphatic carbocycles. The van der Waals surface area contributed by atoms with Gasteiger partial charge in [0, 0.05) is 29.9 Å². The molecule has 4 rings (SSSR count). The van der Waals surface area contributed by atoms with E-state index in [0.29, 0.717) is 28.7 Å². The van der Waals surface area contributed by atoms with Gasteiger partial charge in [0.2, 0.25) is 0 Å². The van der Waals surface area contributed by atoms with Gasteiger partial charge in [-0.1, -0.05) is 29.3 Å². The molecule has 0 spiro atoms. The highest BCUT2D eigenvalue weighted by atomic mass is 35.5. The average Bonchev–Trinajstić information content (AvgIpc) is 3.22. The van der Waals surface area contributed by atoms with Crippen molar-refractivity contribution in [3.05, 3.63) is 93.8 Å². The smallest absolute Gasteiger partial charge is 0.258 e. The molecule has 0 saturated heterocycles. The molecule has 1 aliphatic heterocycles. The molecule has 1 aliphatic rings. The Balaban J connectivity index is 1.56. The van der Waals surface area contributed by atoms with Crippen molar-refractivity contribution in [1.29, 1.82) is 0 Å². The predicted molar refractivity (Wildman–Crippen MR) is 129 cm³/mol. The quantitative estimate of drug-likeness (QED) is 0.559. The summed E-state index contributed by atoms with van der Waals surface area (Å²) < 4.78 is 14.8. The molecule has 33 heavy (non-hydrogen) atoms. The molecule has 8 heteroatoms. The highest BCUT2D eigenvalue weighted by molar-refractivity contribution is 6.30. The topological polar surface area (TPSA) is 73.8 Å². The summed E-state index contributed by atoms with van der Waals surface area (Å²) in [4.78, 5) is 32.1. The zero-order chi connectivity index (χ0) is 23.5. The van der Waals surface area contributed by atoms with Crippen LogP contribution in [0.5, 0.6) is 0 Å². The minimum absolute atomic E-state index is 0.121. The Labute approximate surface area is 196 Å². The molecule has 0 aromatic heterocycles. The van der Waals surface area contributed by atoms with Crippen LogP contribution in [-0.4, -0.2) is 42.7 Å². The van der Waals surface area contributed by atoms with Crippen LogP contribution in [0.1, 0.15) is 31.8 Å². The van der Waals surface area contributed by atoms with E-state index >= 15 is 0 Å². The molecular formula is C25H22ClFN4O2. The molecule has 3 aromatic rings. The SMILES string of the molecule is Cc1ccc(NC(=O)c2ccc(C3=NCCN3C)cc2F)c(C(=O)Nc2ccc(Cl)cc2)c1. The van der Waals surface area contributed by atoms with E-state index in [9.17, 15) is 14.0 Å². The summed E-state index contributed by atoms with van der Waals surface area (Å²) in [6.07, 6.45) is 0. The number of hydrogen-bond donors (Lipinski definition) is 2. The second kappa shape index (κ2) is 9.42. The lowest BCUT2D eigenvalue weighted by atomic mass is 10.1. The first-order valence-electron chi connectivity index (χ1n) is 10.4. The van der Waals surface area contributed by atoms with E-state index in [1.165, 1.54) is 12.1 Å². The third kappa shape index (κ3) is 5.04. The fourth-order valence-electron chi connectivity index (χ4n) is 3.56. The normalized spacial score (nSPS) is 13.0. The second-order valence-corrected chi connectivity index (χ2v) is 8.22. The van der Waals surface area contributed by atoms with Crippen molar-refractivity contribution < 1.29 is 14.0 Å². The number of halogens is 2. The maximum atomic E-state index is 14.8. The maximum Gasteiger partial charge on any atom is 0.258 e. The van der Waals surface area contributed by atoms with E-state index in [1.807, 2.05) is 18.9 Å². The summed E-state index contributed by atoms with van der Waals surface area (Å²) in [7, 11) is 1.89. The molecule has 0 bridgehead atoms. The van der Waals surface area contributed by atoms with Gasteiger partial charge >= 0.3 is 0 Å². The first-order valence-corrected chi connectivity index (χ1v) is 10.7. The van der Waals surface area contributed by atoms with Crippen LogP contribution in [0, 0.1) is 12.7 Å². The summed E-state index contributed by atoms with van der Waals surface area (Å²) in [5.41, 5.74) is 2.43. The van der Waals surface area contributed by atoms with Crippen molar-refractivity contribution in [3.8, 4) is 0 Å². The zero-order valence-corrected chi connectivity index (χ0v) is 18.9. The fraction of sp³-hybridized carbons (Fsp3) is 0.160. The molecule has 0 radical (unpaired) electrons. The van der Waals surface area contributed by atoms with Crippen LogP contribution in [0.15, 0.2) is 65.7 Å². The fourth-order valence-corrected chi connectivity index (χ4v) is 3.68. The van der Waals surface area contributed by atoms with Crippen LogP contribution in [0.3, 0.4) is 0 Å². The number of amides is 2. The van der Waals surface area contributed by atoms with Gasteiger partial charge in [-0.2, -0.15) is 0 Å². The number of amidine groups is 1. The molecule has 2 amide bonds. The largest absolute Gasteiger partial charge is 0.358 e. The molecule has 0 fully saturated rings. The standard InChI is InChI=1S/C25H22ClFN4O2/c1-15-3-10-22(20(13-15)25(33)29-18-7-5-17(26)6-8-18)30-24(32)19-9-4-16(14-21(19)27)23-28-11-12-31(23)2/h3-10,13-14H,11-12H2,1-2H3,(H,29,33)(H,30,32). The van der Waals surface area contributed by atoms with Gasteiger partial charge < -0.3 is 15.5 Å². The molecule has 168 valence electrons. The summed E-state index contributed by atoms with van der Waals surface area (Å²) in [5.74, 6) is -1.02. The molecular weight excluding hydrogens is 443 g/mol. The van der Waals surface area contributed by atoms with Crippen LogP contribution in [0.25, 0.3) is 0 Å². The summed E-state index contributed by atoms with van der Waals surface area (Å²) in [6, 6.07) is 16.1. The molecule has 1 heterocycles. The molecule has 3 aromatic carbocycles. The van der Waals surface area contributed by atoms with Crippen molar-refractivity contribution >= 4 is 40.6 Å². The average molecular weight is 465 g/mol. The van der Waals surface area contributed by atoms with E-state index < -0.39 is 17.6 Å². The number of nitrogens with zero attached hydrogens (tertiary/aromatic N) is 2. The first-order chi connectivity index (χ1) is 15.8. The van der Waals surface area contributed by atoms with Gasteiger partial charge in [0.05, 0.1) is 23.4 Å². The van der Waals surface area contributed by atoms with E-state index in [2.05, 4.69) is 15.6 Å². The zero-order valence-electron chi connectivity index (χ0n) is 18.2. The molecule has 0 saturated carbocycles. The number of anilines is 2. The van der Waals surface area contributed by atoms with E-state index in [-0.39, 0.29) is 16.8 Å². The van der Waals surface area contributed by atoms with Gasteiger partial charge in [0.1, 0.15) is 11.7 Å². The number of likely N-dealkylation sites (N-methyl/N-ethyl adjacent to an activating group) is 1. The van der Waals surface area contributed by atoms with E-state index in [1.54, 1.807) is 48.5 Å². The number of rotatable bonds is 5. The second-order valence-electron chi connectivity index (χ2n) is 7.79. The van der Waals surface area contributed by atoms with E-state index in [0.717, 1.165) is 12.1 Å². The summed E-state index contributed by atoms with van der Waals surface area (Å²) in [5, 5.41) is 6.00. The predicted octanol–water partition coefficient (Wildman–Crippen LogP) is 4.98. The lowest BCUT2D eigenvalue weighted by Gasteiger charge is -2.15. The monoisotopic (exact) mass is 464 g/mol. The van der Waals surface area contributed by atoms with Crippen molar-refractivity contribution in [1.82, 2.24) is 4.90 Å². The Morgan fingerprint density at radius 3 is 2.36 bits per heavy atom. The molecule has 0 atom stereocenters. The van der Waals surface area contributed by atoms with Crippen LogP contribution in [-0.2, 0) is 0 Å². The van der Waals surface area contributed by atoms with Gasteiger partial charge in [-0.25, -0.2) is 4.39 Å². The third-order valence-electron chi connectivity index (χ3n) is 5.30. The Kier molecular flexibility index (Phi) is 6.42. The Morgan fingerprint density at radius 2 is 1.70 bits per heavy atom. The van der Waals surface area contributed by atoms with Crippen molar-refractivity contribution in [2.24, 2.45) is 4.99 Å². The number of carbonyl (C=O) groups is 2. The highest BCUT2D eigenvalue weighted by Crippen LogP contribution is 2.22. The number of benzene rings is 3. The Hall–Kier alpha value is -3.71. The van der Waals surface area contributed by atoms with Crippen LogP contribution in [0.4, 0.5) is 15.8 Å². The summed E-state index contributed by atoms with van der Waals surface area (Å²) >= 11 is 5.89. The van der Waals surface area contributed by atoms with Gasteiger partial charge in [-0.3, -0.25) is 14.6 Å². The minimum Gasteiger partial charge on any atom is -0.358 e. The van der Waals surface area contributed by atoms with Crippen molar-refractivity contribution in [3.63, 3.8) is 0 Å². The number of carbonyl (C=O) groups excluding carboxylic acids is 2. The van der Waals surface area contributed by atoms with Crippen molar-refractivity contribution in [2.75, 3.05) is 30.8 Å². The van der Waals surface area contributed by atoms with Crippen LogP contribution >= 0.6 is 11.6 Å². The van der Waals surface area contributed by atoms with Crippen LogP contribution in [0.2, 0.25) is 5.02 Å². The number of aliphatic imine (C=N–C) groups is 1. The number of aryl methyl sites for hydroxylation is 1. The Bertz CT molecular complexity index is 1260. The minimum atomic E-state index is -0.660. The van der Waals surface area contributed by atoms with Gasteiger partial charge in [0.15, 0.2) is 0 Å². The van der Waals surface area contributed by atoms with Gasteiger partial charge in [-0.05, 0) is 55.5 Å². The summed E-state index contributed by atoms with van der Waals surface area (Å²) in [6.45, 7) is 3.27. The molecule has 2 N–H and O–H groups in total.